The van der Waals surface area contributed by atoms with E-state index in [-0.39, 0.29) is 10.7 Å². The van der Waals surface area contributed by atoms with Gasteiger partial charge in [-0.1, -0.05) is 17.7 Å². The predicted octanol–water partition coefficient (Wildman–Crippen LogP) is 2.03. The zero-order valence-electron chi connectivity index (χ0n) is 10.5. The van der Waals surface area contributed by atoms with Crippen molar-refractivity contribution in [3.8, 4) is 0 Å². The van der Waals surface area contributed by atoms with Gasteiger partial charge < -0.3 is 15.2 Å². The molecule has 1 aliphatic heterocycles. The second-order valence-corrected chi connectivity index (χ2v) is 4.85. The van der Waals surface area contributed by atoms with Crippen molar-refractivity contribution in [1.82, 2.24) is 14.9 Å². The van der Waals surface area contributed by atoms with Gasteiger partial charge in [0, 0.05) is 13.1 Å². The lowest BCUT2D eigenvalue weighted by Crippen LogP contribution is -2.30. The van der Waals surface area contributed by atoms with Gasteiger partial charge in [0.25, 0.3) is 5.91 Å². The Labute approximate surface area is 119 Å². The van der Waals surface area contributed by atoms with Gasteiger partial charge in [-0.05, 0) is 12.1 Å². The van der Waals surface area contributed by atoms with E-state index >= 15 is 0 Å². The van der Waals surface area contributed by atoms with Crippen molar-refractivity contribution in [3.05, 3.63) is 46.8 Å². The lowest BCUT2D eigenvalue weighted by Gasteiger charge is -2.17. The molecular weight excluding hydrogens is 283 g/mol. The third kappa shape index (κ3) is 2.28. The molecule has 104 valence electrons. The van der Waals surface area contributed by atoms with Crippen molar-refractivity contribution in [2.75, 3.05) is 11.9 Å². The van der Waals surface area contributed by atoms with Gasteiger partial charge in [0.1, 0.15) is 11.5 Å². The maximum Gasteiger partial charge on any atom is 0.274 e. The van der Waals surface area contributed by atoms with Crippen molar-refractivity contribution in [2.24, 2.45) is 0 Å². The monoisotopic (exact) mass is 294 g/mol. The van der Waals surface area contributed by atoms with Crippen molar-refractivity contribution in [3.63, 3.8) is 0 Å². The average Bonchev–Trinajstić information content (AvgIpc) is 2.88. The van der Waals surface area contributed by atoms with E-state index in [9.17, 15) is 9.18 Å². The zero-order chi connectivity index (χ0) is 14.1. The summed E-state index contributed by atoms with van der Waals surface area (Å²) in [5.74, 6) is -0.234. The van der Waals surface area contributed by atoms with Gasteiger partial charge in [-0.3, -0.25) is 4.79 Å². The van der Waals surface area contributed by atoms with Crippen molar-refractivity contribution >= 4 is 23.2 Å². The molecule has 3 rings (SSSR count). The van der Waals surface area contributed by atoms with E-state index in [0.717, 1.165) is 12.4 Å². The lowest BCUT2D eigenvalue weighted by molar-refractivity contribution is 0.101. The highest BCUT2D eigenvalue weighted by atomic mass is 35.5. The van der Waals surface area contributed by atoms with Gasteiger partial charge in [0.05, 0.1) is 23.5 Å². The first kappa shape index (κ1) is 13.1. The van der Waals surface area contributed by atoms with Crippen LogP contribution in [0.3, 0.4) is 0 Å². The first-order valence-corrected chi connectivity index (χ1v) is 6.55. The van der Waals surface area contributed by atoms with Crippen LogP contribution >= 0.6 is 11.6 Å². The summed E-state index contributed by atoms with van der Waals surface area (Å²) in [7, 11) is 0. The van der Waals surface area contributed by atoms with Crippen LogP contribution in [0.2, 0.25) is 5.02 Å². The third-order valence-corrected chi connectivity index (χ3v) is 3.46. The highest BCUT2D eigenvalue weighted by Gasteiger charge is 2.19. The minimum absolute atomic E-state index is 0.0256. The number of carbonyl (C=O) groups is 1. The van der Waals surface area contributed by atoms with Gasteiger partial charge >= 0.3 is 0 Å². The number of hydrogen-bond acceptors (Lipinski definition) is 3. The van der Waals surface area contributed by atoms with Crippen LogP contribution in [0.5, 0.6) is 0 Å². The van der Waals surface area contributed by atoms with E-state index in [0.29, 0.717) is 18.8 Å². The third-order valence-electron chi connectivity index (χ3n) is 3.17. The van der Waals surface area contributed by atoms with Gasteiger partial charge in [0.15, 0.2) is 5.82 Å². The molecule has 5 nitrogen and oxygen atoms in total. The lowest BCUT2D eigenvalue weighted by atomic mass is 10.3. The topological polar surface area (TPSA) is 59.0 Å². The highest BCUT2D eigenvalue weighted by molar-refractivity contribution is 6.31. The summed E-state index contributed by atoms with van der Waals surface area (Å²) in [5.41, 5.74) is 0.479. The van der Waals surface area contributed by atoms with Crippen LogP contribution in [-0.4, -0.2) is 22.0 Å². The summed E-state index contributed by atoms with van der Waals surface area (Å²) in [6.07, 6.45) is 1.50. The van der Waals surface area contributed by atoms with E-state index in [1.807, 2.05) is 4.57 Å². The van der Waals surface area contributed by atoms with Crippen molar-refractivity contribution in [1.29, 1.82) is 0 Å². The Kier molecular flexibility index (Phi) is 3.42. The van der Waals surface area contributed by atoms with Crippen LogP contribution in [0.1, 0.15) is 16.3 Å². The Morgan fingerprint density at radius 3 is 3.20 bits per heavy atom. The number of nitrogens with zero attached hydrogens (tertiary/aromatic N) is 2. The van der Waals surface area contributed by atoms with E-state index < -0.39 is 11.7 Å². The molecule has 7 heteroatoms. The number of rotatable bonds is 2. The number of halogens is 2. The zero-order valence-corrected chi connectivity index (χ0v) is 11.2. The minimum Gasteiger partial charge on any atom is -0.322 e. The molecular formula is C13H12ClFN4O. The number of hydrogen-bond donors (Lipinski definition) is 2. The Bertz CT molecular complexity index is 670. The largest absolute Gasteiger partial charge is 0.322 e. The van der Waals surface area contributed by atoms with Gasteiger partial charge in [-0.2, -0.15) is 0 Å². The fourth-order valence-electron chi connectivity index (χ4n) is 2.16. The first-order chi connectivity index (χ1) is 9.66. The van der Waals surface area contributed by atoms with E-state index in [1.54, 1.807) is 6.07 Å². The summed E-state index contributed by atoms with van der Waals surface area (Å²) in [4.78, 5) is 16.4. The van der Waals surface area contributed by atoms with Crippen LogP contribution in [0.25, 0.3) is 0 Å². The predicted molar refractivity (Wildman–Crippen MR) is 73.3 cm³/mol. The molecule has 0 radical (unpaired) electrons. The Morgan fingerprint density at radius 1 is 1.50 bits per heavy atom. The molecule has 0 atom stereocenters. The molecule has 0 saturated heterocycles. The standard InChI is InChI=1S/C13H12ClFN4O/c14-8-2-1-3-9(12(8)15)18-13(20)10-6-17-11-7-16-4-5-19(10)11/h1-3,6,16H,4-5,7H2,(H,18,20). The molecule has 2 heterocycles. The fourth-order valence-corrected chi connectivity index (χ4v) is 2.34. The molecule has 20 heavy (non-hydrogen) atoms. The summed E-state index contributed by atoms with van der Waals surface area (Å²) >= 11 is 5.69. The molecule has 1 aromatic carbocycles. The molecule has 1 aliphatic rings. The van der Waals surface area contributed by atoms with Crippen molar-refractivity contribution < 1.29 is 9.18 Å². The molecule has 0 spiro atoms. The fraction of sp³-hybridized carbons (Fsp3) is 0.231. The van der Waals surface area contributed by atoms with Crippen molar-refractivity contribution in [2.45, 2.75) is 13.1 Å². The van der Waals surface area contributed by atoms with E-state index in [4.69, 9.17) is 11.6 Å². The smallest absolute Gasteiger partial charge is 0.274 e. The Hall–Kier alpha value is -1.92. The number of aromatic nitrogens is 2. The van der Waals surface area contributed by atoms with E-state index in [2.05, 4.69) is 15.6 Å². The molecule has 1 aromatic heterocycles. The van der Waals surface area contributed by atoms with Crippen LogP contribution in [-0.2, 0) is 13.1 Å². The average molecular weight is 295 g/mol. The molecule has 2 N–H and O–H groups in total. The normalized spacial score (nSPS) is 13.9. The van der Waals surface area contributed by atoms with Gasteiger partial charge in [0.2, 0.25) is 0 Å². The van der Waals surface area contributed by atoms with Crippen LogP contribution in [0.4, 0.5) is 10.1 Å². The van der Waals surface area contributed by atoms with Crippen LogP contribution in [0, 0.1) is 5.82 Å². The summed E-state index contributed by atoms with van der Waals surface area (Å²) in [6, 6.07) is 4.48. The summed E-state index contributed by atoms with van der Waals surface area (Å²) < 4.78 is 15.6. The second kappa shape index (κ2) is 5.22. The second-order valence-electron chi connectivity index (χ2n) is 4.44. The molecule has 0 bridgehead atoms. The Balaban J connectivity index is 1.86. The van der Waals surface area contributed by atoms with E-state index in [1.165, 1.54) is 18.3 Å². The maximum atomic E-state index is 13.8. The quantitative estimate of drug-likeness (QED) is 0.891. The van der Waals surface area contributed by atoms with Gasteiger partial charge in [-0.25, -0.2) is 9.37 Å². The number of imidazole rings is 1. The first-order valence-electron chi connectivity index (χ1n) is 6.17. The molecule has 0 fully saturated rings. The number of amides is 1. The van der Waals surface area contributed by atoms with Crippen LogP contribution in [0.15, 0.2) is 24.4 Å². The van der Waals surface area contributed by atoms with Gasteiger partial charge in [-0.15, -0.1) is 0 Å². The number of anilines is 1. The number of nitrogens with one attached hydrogen (secondary N) is 2. The molecule has 0 saturated carbocycles. The number of benzene rings is 1. The number of carbonyl (C=O) groups excluding carboxylic acids is 1. The summed E-state index contributed by atoms with van der Waals surface area (Å²) in [5, 5.41) is 5.67. The number of fused-ring (bicyclic) bond motifs is 1. The minimum atomic E-state index is -0.637. The maximum absolute atomic E-state index is 13.8. The SMILES string of the molecule is O=C(Nc1cccc(Cl)c1F)c1cnc2n1CCNC2. The summed E-state index contributed by atoms with van der Waals surface area (Å²) in [6.45, 7) is 2.06. The van der Waals surface area contributed by atoms with Crippen LogP contribution < -0.4 is 10.6 Å². The molecule has 0 aliphatic carbocycles. The molecule has 0 unspecified atom stereocenters. The Morgan fingerprint density at radius 2 is 2.35 bits per heavy atom. The molecule has 1 amide bonds. The highest BCUT2D eigenvalue weighted by Crippen LogP contribution is 2.22. The molecule has 2 aromatic rings.